The first-order chi connectivity index (χ1) is 15.9. The molecule has 0 atom stereocenters. The molecule has 0 unspecified atom stereocenters. The molecule has 1 saturated carbocycles. The minimum Gasteiger partial charge on any atom is -0.362 e. The lowest BCUT2D eigenvalue weighted by atomic mass is 9.85. The molecule has 2 N–H and O–H groups in total. The van der Waals surface area contributed by atoms with Gasteiger partial charge in [-0.05, 0) is 42.7 Å². The van der Waals surface area contributed by atoms with Crippen LogP contribution in [0.25, 0.3) is 0 Å². The van der Waals surface area contributed by atoms with Crippen LogP contribution in [0.1, 0.15) is 24.8 Å². The highest BCUT2D eigenvalue weighted by atomic mass is 35.5. The van der Waals surface area contributed by atoms with Gasteiger partial charge in [0, 0.05) is 55.4 Å². The first-order valence-corrected chi connectivity index (χ1v) is 11.4. The Morgan fingerprint density at radius 2 is 1.85 bits per heavy atom. The number of benzene rings is 2. The zero-order valence-electron chi connectivity index (χ0n) is 18.1. The minimum absolute atomic E-state index is 0.0373. The monoisotopic (exact) mass is 471 g/mol. The summed E-state index contributed by atoms with van der Waals surface area (Å²) in [5.41, 5.74) is 2.09. The van der Waals surface area contributed by atoms with Gasteiger partial charge in [0.1, 0.15) is 5.69 Å². The Morgan fingerprint density at radius 3 is 2.52 bits per heavy atom. The van der Waals surface area contributed by atoms with Crippen molar-refractivity contribution in [3.05, 3.63) is 63.2 Å². The van der Waals surface area contributed by atoms with E-state index in [2.05, 4.69) is 10.6 Å². The molecule has 33 heavy (non-hydrogen) atoms. The number of halogens is 1. The summed E-state index contributed by atoms with van der Waals surface area (Å²) in [6.45, 7) is 2.21. The Hall–Kier alpha value is -3.33. The Labute approximate surface area is 196 Å². The molecule has 0 spiro atoms. The Morgan fingerprint density at radius 1 is 1.09 bits per heavy atom. The molecule has 2 aliphatic rings. The van der Waals surface area contributed by atoms with Crippen LogP contribution in [0, 0.1) is 16.0 Å². The highest BCUT2D eigenvalue weighted by molar-refractivity contribution is 6.30. The van der Waals surface area contributed by atoms with Crippen LogP contribution in [0.4, 0.5) is 21.9 Å². The van der Waals surface area contributed by atoms with Crippen molar-refractivity contribution in [3.8, 4) is 0 Å². The van der Waals surface area contributed by atoms with Crippen LogP contribution < -0.4 is 15.5 Å². The van der Waals surface area contributed by atoms with E-state index in [1.165, 1.54) is 6.07 Å². The molecule has 9 nitrogen and oxygen atoms in total. The van der Waals surface area contributed by atoms with Gasteiger partial charge in [0.25, 0.3) is 5.69 Å². The topological polar surface area (TPSA) is 108 Å². The smallest absolute Gasteiger partial charge is 0.317 e. The van der Waals surface area contributed by atoms with Crippen LogP contribution in [-0.2, 0) is 11.3 Å². The van der Waals surface area contributed by atoms with E-state index in [4.69, 9.17) is 11.6 Å². The molecule has 2 aromatic rings. The molecule has 174 valence electrons. The van der Waals surface area contributed by atoms with Gasteiger partial charge in [-0.3, -0.25) is 14.9 Å². The van der Waals surface area contributed by atoms with Gasteiger partial charge in [-0.1, -0.05) is 30.2 Å². The van der Waals surface area contributed by atoms with Crippen molar-refractivity contribution >= 4 is 40.6 Å². The number of anilines is 2. The number of piperazine rings is 1. The van der Waals surface area contributed by atoms with Crippen LogP contribution in [0.3, 0.4) is 0 Å². The second kappa shape index (κ2) is 10.1. The molecule has 0 radical (unpaired) electrons. The van der Waals surface area contributed by atoms with Gasteiger partial charge in [0.2, 0.25) is 5.91 Å². The van der Waals surface area contributed by atoms with Crippen molar-refractivity contribution in [2.45, 2.75) is 25.8 Å². The number of rotatable bonds is 6. The first-order valence-electron chi connectivity index (χ1n) is 11.0. The molecule has 1 aliphatic heterocycles. The largest absolute Gasteiger partial charge is 0.362 e. The summed E-state index contributed by atoms with van der Waals surface area (Å²) in [5.74, 6) is 0.169. The molecule has 0 bridgehead atoms. The quantitative estimate of drug-likeness (QED) is 0.488. The molecule has 4 rings (SSSR count). The van der Waals surface area contributed by atoms with Gasteiger partial charge in [-0.25, -0.2) is 4.79 Å². The van der Waals surface area contributed by atoms with Crippen LogP contribution in [0.5, 0.6) is 0 Å². The summed E-state index contributed by atoms with van der Waals surface area (Å²) in [4.78, 5) is 39.3. The van der Waals surface area contributed by atoms with Crippen LogP contribution in [0.2, 0.25) is 5.02 Å². The minimum atomic E-state index is -0.441. The summed E-state index contributed by atoms with van der Waals surface area (Å²) >= 11 is 5.90. The maximum Gasteiger partial charge on any atom is 0.317 e. The lowest BCUT2D eigenvalue weighted by Gasteiger charge is -2.35. The van der Waals surface area contributed by atoms with Gasteiger partial charge in [0.15, 0.2) is 0 Å². The molecular weight excluding hydrogens is 446 g/mol. The van der Waals surface area contributed by atoms with Gasteiger partial charge in [-0.15, -0.1) is 0 Å². The van der Waals surface area contributed by atoms with Crippen molar-refractivity contribution in [3.63, 3.8) is 0 Å². The maximum atomic E-state index is 12.6. The number of nitrogens with zero attached hydrogens (tertiary/aromatic N) is 3. The van der Waals surface area contributed by atoms with Crippen molar-refractivity contribution in [2.75, 3.05) is 36.4 Å². The van der Waals surface area contributed by atoms with Gasteiger partial charge >= 0.3 is 6.03 Å². The maximum absolute atomic E-state index is 12.6. The summed E-state index contributed by atoms with van der Waals surface area (Å²) in [7, 11) is 0. The number of urea groups is 1. The molecule has 2 fully saturated rings. The van der Waals surface area contributed by atoms with Gasteiger partial charge in [-0.2, -0.15) is 0 Å². The van der Waals surface area contributed by atoms with E-state index < -0.39 is 4.92 Å². The fourth-order valence-corrected chi connectivity index (χ4v) is 4.19. The fraction of sp³-hybridized carbons (Fsp3) is 0.391. The second-order valence-corrected chi connectivity index (χ2v) is 8.78. The van der Waals surface area contributed by atoms with Crippen LogP contribution >= 0.6 is 11.6 Å². The normalized spacial score (nSPS) is 16.2. The zero-order valence-corrected chi connectivity index (χ0v) is 18.9. The predicted molar refractivity (Wildman–Crippen MR) is 127 cm³/mol. The Bertz CT molecular complexity index is 1050. The first kappa shape index (κ1) is 22.8. The van der Waals surface area contributed by atoms with E-state index in [0.717, 1.165) is 30.5 Å². The van der Waals surface area contributed by atoms with Crippen molar-refractivity contribution in [1.82, 2.24) is 10.2 Å². The van der Waals surface area contributed by atoms with E-state index in [1.54, 1.807) is 17.0 Å². The number of nitrogens with one attached hydrogen (secondary N) is 2. The number of carbonyl (C=O) groups is 2. The zero-order chi connectivity index (χ0) is 23.4. The average Bonchev–Trinajstić information content (AvgIpc) is 2.76. The number of nitro groups is 1. The third-order valence-corrected chi connectivity index (χ3v) is 6.39. The predicted octanol–water partition coefficient (Wildman–Crippen LogP) is 4.02. The highest BCUT2D eigenvalue weighted by Gasteiger charge is 2.26. The van der Waals surface area contributed by atoms with Crippen LogP contribution in [-0.4, -0.2) is 47.9 Å². The lowest BCUT2D eigenvalue weighted by Crippen LogP contribution is -2.51. The molecule has 10 heteroatoms. The number of hydrogen-bond donors (Lipinski definition) is 2. The third kappa shape index (κ3) is 5.54. The van der Waals surface area contributed by atoms with Crippen molar-refractivity contribution < 1.29 is 14.5 Å². The summed E-state index contributed by atoms with van der Waals surface area (Å²) in [6, 6.07) is 11.9. The number of amides is 3. The standard InChI is InChI=1S/C23H26ClN5O4/c24-18-7-8-20(21(14-18)29(32)33)27-9-11-28(12-10-27)23(31)25-15-16-3-1-6-19(13-16)26-22(30)17-4-2-5-17/h1,3,6-8,13-14,17H,2,4-5,9-12,15H2,(H,25,31)(H,26,30). The third-order valence-electron chi connectivity index (χ3n) is 6.16. The second-order valence-electron chi connectivity index (χ2n) is 8.34. The average molecular weight is 472 g/mol. The summed E-state index contributed by atoms with van der Waals surface area (Å²) in [6.07, 6.45) is 3.00. The molecule has 3 amide bonds. The molecular formula is C23H26ClN5O4. The number of nitro benzene ring substituents is 1. The summed E-state index contributed by atoms with van der Waals surface area (Å²) < 4.78 is 0. The van der Waals surface area contributed by atoms with Crippen LogP contribution in [0.15, 0.2) is 42.5 Å². The van der Waals surface area contributed by atoms with E-state index in [0.29, 0.717) is 43.4 Å². The number of hydrogen-bond acceptors (Lipinski definition) is 5. The molecule has 1 aliphatic carbocycles. The van der Waals surface area contributed by atoms with Gasteiger partial charge < -0.3 is 20.4 Å². The van der Waals surface area contributed by atoms with E-state index in [9.17, 15) is 19.7 Å². The SMILES string of the molecule is O=C(Nc1cccc(CNC(=O)N2CCN(c3ccc(Cl)cc3[N+](=O)[O-])CC2)c1)C1CCC1. The van der Waals surface area contributed by atoms with Gasteiger partial charge in [0.05, 0.1) is 4.92 Å². The Balaban J connectivity index is 1.28. The van der Waals surface area contributed by atoms with E-state index >= 15 is 0 Å². The molecule has 1 heterocycles. The van der Waals surface area contributed by atoms with E-state index in [1.807, 2.05) is 29.2 Å². The van der Waals surface area contributed by atoms with Crippen molar-refractivity contribution in [1.29, 1.82) is 0 Å². The lowest BCUT2D eigenvalue weighted by molar-refractivity contribution is -0.384. The molecule has 2 aromatic carbocycles. The number of carbonyl (C=O) groups excluding carboxylic acids is 2. The summed E-state index contributed by atoms with van der Waals surface area (Å²) in [5, 5.41) is 17.5. The van der Waals surface area contributed by atoms with Crippen molar-refractivity contribution in [2.24, 2.45) is 5.92 Å². The van der Waals surface area contributed by atoms with E-state index in [-0.39, 0.29) is 23.5 Å². The fourth-order valence-electron chi connectivity index (χ4n) is 4.02. The Kier molecular flexibility index (Phi) is 6.98. The molecule has 0 aromatic heterocycles. The molecule has 1 saturated heterocycles. The highest BCUT2D eigenvalue weighted by Crippen LogP contribution is 2.31.